The molecule has 2 heteroatoms. The van der Waals surface area contributed by atoms with Gasteiger partial charge in [-0.25, -0.2) is 0 Å². The Morgan fingerprint density at radius 1 is 0.605 bits per heavy atom. The van der Waals surface area contributed by atoms with E-state index >= 15 is 0 Å². The predicted octanol–water partition coefficient (Wildman–Crippen LogP) is 9.97. The van der Waals surface area contributed by atoms with Crippen LogP contribution >= 0.6 is 0 Å². The average Bonchev–Trinajstić information content (AvgIpc) is 2.88. The summed E-state index contributed by atoms with van der Waals surface area (Å²) in [5.41, 5.74) is 13.7. The number of aryl methyl sites for hydroxylation is 6. The van der Waals surface area contributed by atoms with Crippen molar-refractivity contribution in [1.29, 1.82) is 0 Å². The summed E-state index contributed by atoms with van der Waals surface area (Å²) in [6.07, 6.45) is 6.76. The lowest BCUT2D eigenvalue weighted by Gasteiger charge is -2.30. The Hall–Kier alpha value is -4.04. The average molecular weight is 501 g/mol. The Morgan fingerprint density at radius 3 is 1.53 bits per heavy atom. The molecule has 0 heterocycles. The van der Waals surface area contributed by atoms with Gasteiger partial charge in [0.15, 0.2) is 0 Å². The lowest BCUT2D eigenvalue weighted by atomic mass is 10.0. The highest BCUT2D eigenvalue weighted by Crippen LogP contribution is 2.37. The minimum absolute atomic E-state index is 0.764. The topological polar surface area (TPSA) is 6.48 Å². The molecule has 0 aliphatic rings. The van der Waals surface area contributed by atoms with Gasteiger partial charge in [-0.15, -0.1) is 0 Å². The van der Waals surface area contributed by atoms with Gasteiger partial charge in [0, 0.05) is 29.3 Å². The fourth-order valence-corrected chi connectivity index (χ4v) is 5.62. The number of benzene rings is 4. The van der Waals surface area contributed by atoms with Crippen LogP contribution in [0.2, 0.25) is 0 Å². The molecule has 0 spiro atoms. The number of rotatable bonds is 8. The molecule has 0 radical (unpaired) electrons. The molecule has 0 aliphatic carbocycles. The highest BCUT2D eigenvalue weighted by atomic mass is 15.2. The van der Waals surface area contributed by atoms with Gasteiger partial charge in [-0.2, -0.15) is 0 Å². The molecule has 0 fully saturated rings. The van der Waals surface area contributed by atoms with Crippen LogP contribution in [-0.2, 0) is 0 Å². The predicted molar refractivity (Wildman–Crippen MR) is 166 cm³/mol. The van der Waals surface area contributed by atoms with Gasteiger partial charge >= 0.3 is 0 Å². The van der Waals surface area contributed by atoms with E-state index in [4.69, 9.17) is 0 Å². The van der Waals surface area contributed by atoms with E-state index < -0.39 is 0 Å². The van der Waals surface area contributed by atoms with Crippen molar-refractivity contribution in [2.45, 2.75) is 48.5 Å². The van der Waals surface area contributed by atoms with E-state index in [1.807, 2.05) is 0 Å². The molecule has 0 unspecified atom stereocenters. The first-order valence-corrected chi connectivity index (χ1v) is 13.5. The van der Waals surface area contributed by atoms with Crippen LogP contribution in [-0.4, -0.2) is 6.54 Å². The second kappa shape index (κ2) is 12.0. The Kier molecular flexibility index (Phi) is 8.53. The summed E-state index contributed by atoms with van der Waals surface area (Å²) in [4.78, 5) is 4.80. The monoisotopic (exact) mass is 500 g/mol. The number of allylic oxidation sites excluding steroid dienone is 2. The maximum absolute atomic E-state index is 2.42. The van der Waals surface area contributed by atoms with Crippen molar-refractivity contribution in [3.05, 3.63) is 142 Å². The van der Waals surface area contributed by atoms with Gasteiger partial charge in [0.1, 0.15) is 0 Å². The summed E-state index contributed by atoms with van der Waals surface area (Å²) in [6, 6.07) is 30.5. The fraction of sp³-hybridized carbons (Fsp3) is 0.222. The van der Waals surface area contributed by atoms with E-state index in [0.717, 1.165) is 17.9 Å². The van der Waals surface area contributed by atoms with Crippen molar-refractivity contribution in [1.82, 2.24) is 0 Å². The molecule has 0 bridgehead atoms. The lowest BCUT2D eigenvalue weighted by Crippen LogP contribution is -2.20. The molecule has 2 nitrogen and oxygen atoms in total. The van der Waals surface area contributed by atoms with Crippen LogP contribution in [0.1, 0.15) is 40.3 Å². The highest BCUT2D eigenvalue weighted by Gasteiger charge is 2.18. The molecule has 0 saturated carbocycles. The van der Waals surface area contributed by atoms with Crippen LogP contribution in [0.3, 0.4) is 0 Å². The first-order chi connectivity index (χ1) is 18.3. The molecule has 0 aromatic heterocycles. The molecule has 0 N–H and O–H groups in total. The van der Waals surface area contributed by atoms with E-state index in [9.17, 15) is 0 Å². The standard InChI is InChI=1S/C36H40N2/c1-8-32(38(34-18-13-10-14-19-34)36-30(6)24-27(3)25-31(36)7)20-15-21-37(33-16-11-9-12-17-33)35-28(4)22-26(2)23-29(35)5/h8-20,22-25H,21H2,1-7H3/b20-15-,32-8+. The van der Waals surface area contributed by atoms with Crippen molar-refractivity contribution in [3.63, 3.8) is 0 Å². The van der Waals surface area contributed by atoms with Gasteiger partial charge in [0.25, 0.3) is 0 Å². The smallest absolute Gasteiger partial charge is 0.0520 e. The van der Waals surface area contributed by atoms with E-state index in [0.29, 0.717) is 0 Å². The molecule has 0 atom stereocenters. The van der Waals surface area contributed by atoms with Gasteiger partial charge in [-0.05, 0) is 101 Å². The van der Waals surface area contributed by atoms with Gasteiger partial charge < -0.3 is 9.80 Å². The molecule has 0 amide bonds. The molecular formula is C36H40N2. The number of anilines is 4. The van der Waals surface area contributed by atoms with E-state index in [1.165, 1.54) is 50.4 Å². The zero-order valence-corrected chi connectivity index (χ0v) is 23.9. The quantitative estimate of drug-likeness (QED) is 0.222. The van der Waals surface area contributed by atoms with Crippen molar-refractivity contribution < 1.29 is 0 Å². The summed E-state index contributed by atoms with van der Waals surface area (Å²) in [5, 5.41) is 0. The molecule has 4 aromatic carbocycles. The Labute approximate surface area is 229 Å². The normalized spacial score (nSPS) is 11.7. The van der Waals surface area contributed by atoms with Crippen LogP contribution in [0.4, 0.5) is 22.7 Å². The number of nitrogens with zero attached hydrogens (tertiary/aromatic N) is 2. The molecule has 38 heavy (non-hydrogen) atoms. The number of hydrogen-bond donors (Lipinski definition) is 0. The fourth-order valence-electron chi connectivity index (χ4n) is 5.62. The van der Waals surface area contributed by atoms with Crippen molar-refractivity contribution >= 4 is 22.7 Å². The zero-order valence-electron chi connectivity index (χ0n) is 23.9. The number of para-hydroxylation sites is 2. The second-order valence-corrected chi connectivity index (χ2v) is 10.2. The maximum atomic E-state index is 2.42. The van der Waals surface area contributed by atoms with Gasteiger partial charge in [-0.1, -0.05) is 83.9 Å². The third kappa shape index (κ3) is 5.92. The Bertz CT molecular complexity index is 1400. The Morgan fingerprint density at radius 2 is 1.05 bits per heavy atom. The van der Waals surface area contributed by atoms with Crippen LogP contribution in [0.5, 0.6) is 0 Å². The lowest BCUT2D eigenvalue weighted by molar-refractivity contribution is 1.06. The SMILES string of the molecule is C/C=C(\C=C/CN(c1ccccc1)c1c(C)cc(C)cc1C)N(c1ccccc1)c1c(C)cc(C)cc1C. The van der Waals surface area contributed by atoms with Crippen LogP contribution in [0, 0.1) is 41.5 Å². The van der Waals surface area contributed by atoms with Crippen LogP contribution < -0.4 is 9.80 Å². The first-order valence-electron chi connectivity index (χ1n) is 13.5. The minimum atomic E-state index is 0.764. The van der Waals surface area contributed by atoms with Gasteiger partial charge in [0.2, 0.25) is 0 Å². The molecular weight excluding hydrogens is 460 g/mol. The van der Waals surface area contributed by atoms with Gasteiger partial charge in [-0.3, -0.25) is 0 Å². The largest absolute Gasteiger partial charge is 0.337 e. The van der Waals surface area contributed by atoms with Crippen LogP contribution in [0.15, 0.2) is 109 Å². The zero-order chi connectivity index (χ0) is 27.2. The highest BCUT2D eigenvalue weighted by molar-refractivity contribution is 5.76. The third-order valence-electron chi connectivity index (χ3n) is 6.98. The molecule has 0 saturated heterocycles. The third-order valence-corrected chi connectivity index (χ3v) is 6.98. The maximum Gasteiger partial charge on any atom is 0.0520 e. The summed E-state index contributed by atoms with van der Waals surface area (Å²) >= 11 is 0. The summed E-state index contributed by atoms with van der Waals surface area (Å²) in [5.74, 6) is 0. The van der Waals surface area contributed by atoms with Gasteiger partial charge in [0.05, 0.1) is 5.69 Å². The van der Waals surface area contributed by atoms with E-state index in [2.05, 4.69) is 161 Å². The Balaban J connectivity index is 1.75. The van der Waals surface area contributed by atoms with Crippen molar-refractivity contribution in [2.75, 3.05) is 16.3 Å². The van der Waals surface area contributed by atoms with E-state index in [-0.39, 0.29) is 0 Å². The van der Waals surface area contributed by atoms with Crippen LogP contribution in [0.25, 0.3) is 0 Å². The summed E-state index contributed by atoms with van der Waals surface area (Å²) in [7, 11) is 0. The molecule has 4 aromatic rings. The first kappa shape index (κ1) is 27.0. The minimum Gasteiger partial charge on any atom is -0.337 e. The molecule has 4 rings (SSSR count). The van der Waals surface area contributed by atoms with E-state index in [1.54, 1.807) is 0 Å². The summed E-state index contributed by atoms with van der Waals surface area (Å²) < 4.78 is 0. The molecule has 194 valence electrons. The summed E-state index contributed by atoms with van der Waals surface area (Å²) in [6.45, 7) is 16.1. The van der Waals surface area contributed by atoms with Crippen molar-refractivity contribution in [3.8, 4) is 0 Å². The molecule has 0 aliphatic heterocycles. The van der Waals surface area contributed by atoms with Crippen molar-refractivity contribution in [2.24, 2.45) is 0 Å². The number of hydrogen-bond acceptors (Lipinski definition) is 2. The second-order valence-electron chi connectivity index (χ2n) is 10.2.